The Labute approximate surface area is 105 Å². The summed E-state index contributed by atoms with van der Waals surface area (Å²) in [5.41, 5.74) is 7.02. The molecule has 0 aliphatic carbocycles. The maximum absolute atomic E-state index is 13.0. The molecule has 0 bridgehead atoms. The molecule has 5 heteroatoms. The van der Waals surface area contributed by atoms with Crippen molar-refractivity contribution in [3.8, 4) is 0 Å². The van der Waals surface area contributed by atoms with Gasteiger partial charge in [0.1, 0.15) is 5.82 Å². The van der Waals surface area contributed by atoms with Crippen LogP contribution in [-0.2, 0) is 4.79 Å². The predicted octanol–water partition coefficient (Wildman–Crippen LogP) is 2.15. The van der Waals surface area contributed by atoms with Crippen molar-refractivity contribution in [2.45, 2.75) is 19.4 Å². The molecule has 0 aliphatic rings. The normalized spacial score (nSPS) is 12.2. The molecule has 0 fully saturated rings. The molecule has 1 aromatic rings. The van der Waals surface area contributed by atoms with Crippen molar-refractivity contribution in [3.63, 3.8) is 0 Å². The van der Waals surface area contributed by atoms with E-state index in [0.29, 0.717) is 12.1 Å². The Bertz CT molecular complexity index is 398. The fourth-order valence-electron chi connectivity index (χ4n) is 1.33. The van der Waals surface area contributed by atoms with Gasteiger partial charge in [0.15, 0.2) is 0 Å². The first-order chi connectivity index (χ1) is 8.04. The number of thioether (sulfide) groups is 1. The second kappa shape index (κ2) is 6.61. The third-order valence-corrected chi connectivity index (χ3v) is 3.07. The summed E-state index contributed by atoms with van der Waals surface area (Å²) in [5.74, 6) is 0.188. The van der Waals surface area contributed by atoms with E-state index in [2.05, 4.69) is 5.32 Å². The van der Waals surface area contributed by atoms with Crippen molar-refractivity contribution in [2.75, 3.05) is 17.3 Å². The van der Waals surface area contributed by atoms with Crippen molar-refractivity contribution in [1.82, 2.24) is 0 Å². The lowest BCUT2D eigenvalue weighted by Crippen LogP contribution is -2.36. The summed E-state index contributed by atoms with van der Waals surface area (Å²) in [6, 6.07) is 3.73. The van der Waals surface area contributed by atoms with E-state index in [1.54, 1.807) is 17.8 Å². The van der Waals surface area contributed by atoms with E-state index in [0.717, 1.165) is 11.3 Å². The number of carbonyl (C=O) groups excluding carboxylic acids is 1. The summed E-state index contributed by atoms with van der Waals surface area (Å²) < 4.78 is 13.0. The Balaban J connectivity index is 2.64. The number of aryl methyl sites for hydroxylation is 1. The van der Waals surface area contributed by atoms with Crippen LogP contribution in [0.2, 0.25) is 0 Å². The molecule has 1 atom stereocenters. The van der Waals surface area contributed by atoms with Gasteiger partial charge in [-0.05, 0) is 43.0 Å². The molecule has 0 aromatic heterocycles. The molecule has 1 amide bonds. The third kappa shape index (κ3) is 4.36. The van der Waals surface area contributed by atoms with Crippen LogP contribution in [0.5, 0.6) is 0 Å². The Kier molecular flexibility index (Phi) is 5.44. The highest BCUT2D eigenvalue weighted by atomic mass is 32.2. The highest BCUT2D eigenvalue weighted by Gasteiger charge is 2.14. The largest absolute Gasteiger partial charge is 0.324 e. The summed E-state index contributed by atoms with van der Waals surface area (Å²) in [4.78, 5) is 11.7. The van der Waals surface area contributed by atoms with Crippen LogP contribution in [0.1, 0.15) is 12.0 Å². The van der Waals surface area contributed by atoms with Crippen molar-refractivity contribution in [2.24, 2.45) is 5.73 Å². The van der Waals surface area contributed by atoms with E-state index in [9.17, 15) is 9.18 Å². The fraction of sp³-hybridized carbons (Fsp3) is 0.417. The maximum Gasteiger partial charge on any atom is 0.241 e. The standard InChI is InChI=1S/C12H17FN2OS/c1-8-3-4-9(13)7-11(8)15-12(16)10(14)5-6-17-2/h3-4,7,10H,5-6,14H2,1-2H3,(H,15,16)/t10-/m0/s1. The lowest BCUT2D eigenvalue weighted by molar-refractivity contribution is -0.117. The summed E-state index contributed by atoms with van der Waals surface area (Å²) in [5, 5.41) is 2.65. The zero-order chi connectivity index (χ0) is 12.8. The summed E-state index contributed by atoms with van der Waals surface area (Å²) >= 11 is 1.64. The molecule has 3 N–H and O–H groups in total. The number of rotatable bonds is 5. The summed E-state index contributed by atoms with van der Waals surface area (Å²) in [7, 11) is 0. The Morgan fingerprint density at radius 1 is 1.59 bits per heavy atom. The van der Waals surface area contributed by atoms with Gasteiger partial charge in [-0.2, -0.15) is 11.8 Å². The molecule has 3 nitrogen and oxygen atoms in total. The lowest BCUT2D eigenvalue weighted by Gasteiger charge is -2.13. The second-order valence-electron chi connectivity index (χ2n) is 3.84. The molecule has 0 radical (unpaired) electrons. The Morgan fingerprint density at radius 3 is 2.94 bits per heavy atom. The fourth-order valence-corrected chi connectivity index (χ4v) is 1.82. The van der Waals surface area contributed by atoms with E-state index < -0.39 is 6.04 Å². The number of halogens is 1. The van der Waals surface area contributed by atoms with Crippen LogP contribution in [0.3, 0.4) is 0 Å². The molecule has 0 aliphatic heterocycles. The van der Waals surface area contributed by atoms with E-state index in [4.69, 9.17) is 5.73 Å². The van der Waals surface area contributed by atoms with Crippen LogP contribution >= 0.6 is 11.8 Å². The number of amides is 1. The van der Waals surface area contributed by atoms with Gasteiger partial charge in [0.05, 0.1) is 6.04 Å². The molecule has 17 heavy (non-hydrogen) atoms. The number of nitrogens with two attached hydrogens (primary N) is 1. The molecule has 94 valence electrons. The smallest absolute Gasteiger partial charge is 0.241 e. The van der Waals surface area contributed by atoms with E-state index in [-0.39, 0.29) is 11.7 Å². The number of carbonyl (C=O) groups is 1. The minimum absolute atomic E-state index is 0.271. The lowest BCUT2D eigenvalue weighted by atomic mass is 10.1. The van der Waals surface area contributed by atoms with Crippen LogP contribution in [0.15, 0.2) is 18.2 Å². The topological polar surface area (TPSA) is 55.1 Å². The zero-order valence-corrected chi connectivity index (χ0v) is 10.8. The Morgan fingerprint density at radius 2 is 2.29 bits per heavy atom. The van der Waals surface area contributed by atoms with Crippen molar-refractivity contribution in [1.29, 1.82) is 0 Å². The monoisotopic (exact) mass is 256 g/mol. The van der Waals surface area contributed by atoms with Crippen LogP contribution in [0.25, 0.3) is 0 Å². The summed E-state index contributed by atoms with van der Waals surface area (Å²) in [6.07, 6.45) is 2.57. The molecule has 1 aromatic carbocycles. The molecule has 0 saturated heterocycles. The maximum atomic E-state index is 13.0. The molecular formula is C12H17FN2OS. The molecule has 0 unspecified atom stereocenters. The van der Waals surface area contributed by atoms with E-state index >= 15 is 0 Å². The number of hydrogen-bond donors (Lipinski definition) is 2. The number of nitrogens with one attached hydrogen (secondary N) is 1. The Hall–Kier alpha value is -1.07. The molecule has 0 spiro atoms. The van der Waals surface area contributed by atoms with Crippen LogP contribution in [-0.4, -0.2) is 24.0 Å². The first kappa shape index (κ1) is 14.0. The minimum Gasteiger partial charge on any atom is -0.324 e. The number of benzene rings is 1. The van der Waals surface area contributed by atoms with Gasteiger partial charge >= 0.3 is 0 Å². The van der Waals surface area contributed by atoms with Gasteiger partial charge in [-0.15, -0.1) is 0 Å². The highest BCUT2D eigenvalue weighted by molar-refractivity contribution is 7.98. The first-order valence-electron chi connectivity index (χ1n) is 5.36. The average Bonchev–Trinajstić information content (AvgIpc) is 2.30. The van der Waals surface area contributed by atoms with Gasteiger partial charge in [-0.25, -0.2) is 4.39 Å². The minimum atomic E-state index is -0.551. The number of hydrogen-bond acceptors (Lipinski definition) is 3. The van der Waals surface area contributed by atoms with E-state index in [1.165, 1.54) is 12.1 Å². The van der Waals surface area contributed by atoms with Gasteiger partial charge in [0.2, 0.25) is 5.91 Å². The quantitative estimate of drug-likeness (QED) is 0.848. The zero-order valence-electron chi connectivity index (χ0n) is 10.00. The summed E-state index contributed by atoms with van der Waals surface area (Å²) in [6.45, 7) is 1.81. The van der Waals surface area contributed by atoms with Crippen LogP contribution in [0, 0.1) is 12.7 Å². The average molecular weight is 256 g/mol. The van der Waals surface area contributed by atoms with Crippen molar-refractivity contribution >= 4 is 23.4 Å². The van der Waals surface area contributed by atoms with Gasteiger partial charge < -0.3 is 11.1 Å². The molecule has 0 heterocycles. The first-order valence-corrected chi connectivity index (χ1v) is 6.75. The van der Waals surface area contributed by atoms with E-state index in [1.807, 2.05) is 13.2 Å². The van der Waals surface area contributed by atoms with Crippen molar-refractivity contribution in [3.05, 3.63) is 29.6 Å². The van der Waals surface area contributed by atoms with Gasteiger partial charge in [0, 0.05) is 5.69 Å². The molecule has 0 saturated carbocycles. The van der Waals surface area contributed by atoms with Crippen LogP contribution in [0.4, 0.5) is 10.1 Å². The van der Waals surface area contributed by atoms with Gasteiger partial charge in [0.25, 0.3) is 0 Å². The second-order valence-corrected chi connectivity index (χ2v) is 4.82. The molecular weight excluding hydrogens is 239 g/mol. The third-order valence-electron chi connectivity index (χ3n) is 2.43. The van der Waals surface area contributed by atoms with Gasteiger partial charge in [-0.3, -0.25) is 4.79 Å². The SMILES string of the molecule is CSCC[C@H](N)C(=O)Nc1cc(F)ccc1C. The predicted molar refractivity (Wildman–Crippen MR) is 70.7 cm³/mol. The van der Waals surface area contributed by atoms with Gasteiger partial charge in [-0.1, -0.05) is 6.07 Å². The van der Waals surface area contributed by atoms with Crippen LogP contribution < -0.4 is 11.1 Å². The molecule has 1 rings (SSSR count). The van der Waals surface area contributed by atoms with Crippen molar-refractivity contribution < 1.29 is 9.18 Å². The number of anilines is 1. The highest BCUT2D eigenvalue weighted by Crippen LogP contribution is 2.16.